The number of aromatic nitrogens is 1. The third-order valence-electron chi connectivity index (χ3n) is 2.56. The van der Waals surface area contributed by atoms with Gasteiger partial charge >= 0.3 is 0 Å². The number of rotatable bonds is 5. The summed E-state index contributed by atoms with van der Waals surface area (Å²) in [5.74, 6) is 5.34. The Morgan fingerprint density at radius 2 is 2.00 bits per heavy atom. The van der Waals surface area contributed by atoms with E-state index in [0.29, 0.717) is 6.61 Å². The van der Waals surface area contributed by atoms with Crippen molar-refractivity contribution < 1.29 is 9.26 Å². The minimum Gasteiger partial charge on any atom is -0.414 e. The first kappa shape index (κ1) is 15.3. The van der Waals surface area contributed by atoms with Crippen LogP contribution in [0.5, 0.6) is 0 Å². The van der Waals surface area contributed by atoms with Crippen molar-refractivity contribution in [2.45, 2.75) is 45.4 Å². The molecule has 18 heavy (non-hydrogen) atoms. The molecule has 0 saturated carbocycles. The standard InChI is InChI=1S/C13H23N2O2Si/c1-13(2,3)12-8-6-7-10(15-12)11(17-14)9-16-18(4)5/h6-8,11H,9,14H2,1-5H3. The molecule has 0 aromatic carbocycles. The van der Waals surface area contributed by atoms with Crippen LogP contribution in [0.3, 0.4) is 0 Å². The van der Waals surface area contributed by atoms with Gasteiger partial charge in [0.25, 0.3) is 0 Å². The van der Waals surface area contributed by atoms with Crippen LogP contribution in [0.4, 0.5) is 0 Å². The minimum atomic E-state index is -0.748. The zero-order valence-corrected chi connectivity index (χ0v) is 12.9. The summed E-state index contributed by atoms with van der Waals surface area (Å²) in [6.45, 7) is 11.0. The van der Waals surface area contributed by atoms with E-state index in [1.165, 1.54) is 0 Å². The van der Waals surface area contributed by atoms with E-state index in [1.54, 1.807) is 0 Å². The smallest absolute Gasteiger partial charge is 0.205 e. The van der Waals surface area contributed by atoms with E-state index in [4.69, 9.17) is 15.2 Å². The van der Waals surface area contributed by atoms with Crippen LogP contribution in [0.25, 0.3) is 0 Å². The number of hydrogen-bond donors (Lipinski definition) is 1. The molecule has 4 nitrogen and oxygen atoms in total. The first-order chi connectivity index (χ1) is 8.34. The number of hydrogen-bond acceptors (Lipinski definition) is 4. The summed E-state index contributed by atoms with van der Waals surface area (Å²) in [7, 11) is -0.748. The molecule has 1 aromatic heterocycles. The van der Waals surface area contributed by atoms with Gasteiger partial charge < -0.3 is 4.43 Å². The van der Waals surface area contributed by atoms with Gasteiger partial charge in [0.2, 0.25) is 9.04 Å². The highest BCUT2D eigenvalue weighted by Crippen LogP contribution is 2.22. The lowest BCUT2D eigenvalue weighted by molar-refractivity contribution is 0.0149. The second-order valence-corrected chi connectivity index (χ2v) is 7.65. The predicted molar refractivity (Wildman–Crippen MR) is 74.4 cm³/mol. The fraction of sp³-hybridized carbons (Fsp3) is 0.615. The average Bonchev–Trinajstić information content (AvgIpc) is 2.29. The normalized spacial score (nSPS) is 13.9. The van der Waals surface area contributed by atoms with Crippen LogP contribution < -0.4 is 5.90 Å². The zero-order chi connectivity index (χ0) is 13.8. The summed E-state index contributed by atoms with van der Waals surface area (Å²) in [5.41, 5.74) is 1.87. The second-order valence-electron chi connectivity index (χ2n) is 5.54. The van der Waals surface area contributed by atoms with Crippen molar-refractivity contribution in [1.82, 2.24) is 4.98 Å². The van der Waals surface area contributed by atoms with Crippen molar-refractivity contribution in [2.24, 2.45) is 5.90 Å². The maximum atomic E-state index is 5.63. The van der Waals surface area contributed by atoms with Gasteiger partial charge in [-0.15, -0.1) is 0 Å². The second kappa shape index (κ2) is 6.42. The third-order valence-corrected chi connectivity index (χ3v) is 3.30. The van der Waals surface area contributed by atoms with E-state index in [1.807, 2.05) is 18.2 Å². The Morgan fingerprint density at radius 3 is 2.50 bits per heavy atom. The molecule has 0 aliphatic carbocycles. The monoisotopic (exact) mass is 267 g/mol. The van der Waals surface area contributed by atoms with E-state index in [-0.39, 0.29) is 11.5 Å². The number of nitrogens with two attached hydrogens (primary N) is 1. The molecule has 5 heteroatoms. The summed E-state index contributed by atoms with van der Waals surface area (Å²) < 4.78 is 5.63. The van der Waals surface area contributed by atoms with E-state index in [9.17, 15) is 0 Å². The lowest BCUT2D eigenvalue weighted by Crippen LogP contribution is -2.22. The Labute approximate surface area is 111 Å². The van der Waals surface area contributed by atoms with Gasteiger partial charge in [0.05, 0.1) is 12.3 Å². The van der Waals surface area contributed by atoms with Gasteiger partial charge in [0, 0.05) is 11.1 Å². The van der Waals surface area contributed by atoms with E-state index in [2.05, 4.69) is 38.8 Å². The molecule has 1 heterocycles. The molecule has 1 rings (SSSR count). The quantitative estimate of drug-likeness (QED) is 0.658. The van der Waals surface area contributed by atoms with E-state index >= 15 is 0 Å². The van der Waals surface area contributed by atoms with Crippen molar-refractivity contribution >= 4 is 9.04 Å². The van der Waals surface area contributed by atoms with E-state index < -0.39 is 9.04 Å². The maximum Gasteiger partial charge on any atom is 0.205 e. The Kier molecular flexibility index (Phi) is 5.46. The predicted octanol–water partition coefficient (Wildman–Crippen LogP) is 2.58. The van der Waals surface area contributed by atoms with Crippen LogP contribution in [0, 0.1) is 0 Å². The Morgan fingerprint density at radius 1 is 1.33 bits per heavy atom. The van der Waals surface area contributed by atoms with Crippen molar-refractivity contribution in [3.8, 4) is 0 Å². The molecular formula is C13H23N2O2Si. The number of nitrogens with zero attached hydrogens (tertiary/aromatic N) is 1. The van der Waals surface area contributed by atoms with Gasteiger partial charge in [0.1, 0.15) is 6.10 Å². The Balaban J connectivity index is 2.86. The Bertz CT molecular complexity index is 377. The highest BCUT2D eigenvalue weighted by atomic mass is 28.3. The molecule has 0 aliphatic rings. The molecular weight excluding hydrogens is 244 g/mol. The largest absolute Gasteiger partial charge is 0.414 e. The minimum absolute atomic E-state index is 0.0144. The van der Waals surface area contributed by atoms with Crippen molar-refractivity contribution in [1.29, 1.82) is 0 Å². The van der Waals surface area contributed by atoms with E-state index in [0.717, 1.165) is 11.4 Å². The van der Waals surface area contributed by atoms with Crippen LogP contribution in [-0.4, -0.2) is 20.6 Å². The molecule has 1 unspecified atom stereocenters. The average molecular weight is 267 g/mol. The SMILES string of the molecule is C[Si](C)OCC(ON)c1cccc(C(C)(C)C)n1. The van der Waals surface area contributed by atoms with Gasteiger partial charge in [-0.1, -0.05) is 26.8 Å². The molecule has 0 bridgehead atoms. The van der Waals surface area contributed by atoms with Gasteiger partial charge in [-0.25, -0.2) is 5.90 Å². The molecule has 1 radical (unpaired) electrons. The Hall–Kier alpha value is -0.753. The van der Waals surface area contributed by atoms with Crippen LogP contribution in [0.1, 0.15) is 38.3 Å². The first-order valence-electron chi connectivity index (χ1n) is 6.10. The fourth-order valence-electron chi connectivity index (χ4n) is 1.49. The summed E-state index contributed by atoms with van der Waals surface area (Å²) in [4.78, 5) is 9.60. The summed E-state index contributed by atoms with van der Waals surface area (Å²) in [6, 6.07) is 5.93. The van der Waals surface area contributed by atoms with Gasteiger partial charge in [-0.2, -0.15) is 0 Å². The molecule has 101 valence electrons. The molecule has 0 aliphatic heterocycles. The molecule has 0 amide bonds. The third kappa shape index (κ3) is 4.49. The molecule has 0 saturated heterocycles. The lowest BCUT2D eigenvalue weighted by Gasteiger charge is -2.21. The summed E-state index contributed by atoms with van der Waals surface area (Å²) in [5, 5.41) is 0. The van der Waals surface area contributed by atoms with Crippen LogP contribution in [0.15, 0.2) is 18.2 Å². The fourth-order valence-corrected chi connectivity index (χ4v) is 1.97. The van der Waals surface area contributed by atoms with Gasteiger partial charge in [-0.3, -0.25) is 9.82 Å². The lowest BCUT2D eigenvalue weighted by atomic mass is 9.91. The summed E-state index contributed by atoms with van der Waals surface area (Å²) >= 11 is 0. The van der Waals surface area contributed by atoms with Crippen LogP contribution >= 0.6 is 0 Å². The molecule has 1 atom stereocenters. The summed E-state index contributed by atoms with van der Waals surface area (Å²) in [6.07, 6.45) is -0.299. The van der Waals surface area contributed by atoms with Crippen molar-refractivity contribution in [2.75, 3.05) is 6.61 Å². The molecule has 2 N–H and O–H groups in total. The topological polar surface area (TPSA) is 57.4 Å². The van der Waals surface area contributed by atoms with Crippen LogP contribution in [0.2, 0.25) is 13.1 Å². The van der Waals surface area contributed by atoms with Gasteiger partial charge in [0.15, 0.2) is 0 Å². The molecule has 1 aromatic rings. The highest BCUT2D eigenvalue weighted by Gasteiger charge is 2.19. The van der Waals surface area contributed by atoms with Gasteiger partial charge in [-0.05, 0) is 25.2 Å². The van der Waals surface area contributed by atoms with Crippen molar-refractivity contribution in [3.05, 3.63) is 29.6 Å². The highest BCUT2D eigenvalue weighted by molar-refractivity contribution is 6.48. The molecule has 0 fully saturated rings. The number of pyridine rings is 1. The first-order valence-corrected chi connectivity index (χ1v) is 8.51. The zero-order valence-electron chi connectivity index (χ0n) is 11.9. The maximum absolute atomic E-state index is 5.63. The van der Waals surface area contributed by atoms with Crippen molar-refractivity contribution in [3.63, 3.8) is 0 Å². The van der Waals surface area contributed by atoms with Crippen LogP contribution in [-0.2, 0) is 14.7 Å². The molecule has 0 spiro atoms.